The largest absolute Gasteiger partial charge is 0.324 e. The number of hydrogen-bond acceptors (Lipinski definition) is 2. The van der Waals surface area contributed by atoms with Crippen LogP contribution in [0.1, 0.15) is 42.9 Å². The summed E-state index contributed by atoms with van der Waals surface area (Å²) < 4.78 is 0. The van der Waals surface area contributed by atoms with Crippen molar-refractivity contribution in [1.82, 2.24) is 4.90 Å². The van der Waals surface area contributed by atoms with Gasteiger partial charge < -0.3 is 16.0 Å². The second-order valence-corrected chi connectivity index (χ2v) is 5.77. The number of amides is 2. The number of benzene rings is 1. The molecule has 1 aliphatic carbocycles. The first kappa shape index (κ1) is 12.5. The summed E-state index contributed by atoms with van der Waals surface area (Å²) in [4.78, 5) is 13.3. The zero-order chi connectivity index (χ0) is 13.4. The molecule has 0 aromatic heterocycles. The maximum Gasteiger partial charge on any atom is 0.321 e. The van der Waals surface area contributed by atoms with Crippen LogP contribution in [0.3, 0.4) is 0 Å². The Labute approximate surface area is 114 Å². The van der Waals surface area contributed by atoms with Crippen molar-refractivity contribution >= 4 is 11.7 Å². The summed E-state index contributed by atoms with van der Waals surface area (Å²) in [7, 11) is 1.81. The lowest BCUT2D eigenvalue weighted by Crippen LogP contribution is -2.35. The molecule has 4 nitrogen and oxygen atoms in total. The molecule has 0 saturated heterocycles. The SMILES string of the molecule is CN1Cc2cc(C(N)C3CCCC3)ccc2NC1=O. The van der Waals surface area contributed by atoms with Crippen molar-refractivity contribution in [3.8, 4) is 0 Å². The number of anilines is 1. The number of carbonyl (C=O) groups excluding carboxylic acids is 1. The second kappa shape index (κ2) is 4.85. The third-order valence-electron chi connectivity index (χ3n) is 4.42. The Balaban J connectivity index is 1.84. The summed E-state index contributed by atoms with van der Waals surface area (Å²) in [5.74, 6) is 0.619. The maximum atomic E-state index is 11.6. The maximum absolute atomic E-state index is 11.6. The lowest BCUT2D eigenvalue weighted by atomic mass is 9.91. The number of fused-ring (bicyclic) bond motifs is 1. The molecule has 1 fully saturated rings. The van der Waals surface area contributed by atoms with Crippen molar-refractivity contribution in [2.45, 2.75) is 38.3 Å². The highest BCUT2D eigenvalue weighted by Gasteiger charge is 2.25. The highest BCUT2D eigenvalue weighted by molar-refractivity contribution is 5.92. The van der Waals surface area contributed by atoms with E-state index in [2.05, 4.69) is 17.4 Å². The van der Waals surface area contributed by atoms with Crippen molar-refractivity contribution < 1.29 is 4.79 Å². The van der Waals surface area contributed by atoms with E-state index >= 15 is 0 Å². The van der Waals surface area contributed by atoms with Crippen LogP contribution in [0, 0.1) is 5.92 Å². The number of hydrogen-bond donors (Lipinski definition) is 2. The summed E-state index contributed by atoms with van der Waals surface area (Å²) in [5, 5.41) is 2.89. The van der Waals surface area contributed by atoms with Crippen LogP contribution in [0.15, 0.2) is 18.2 Å². The Morgan fingerprint density at radius 2 is 2.11 bits per heavy atom. The van der Waals surface area contributed by atoms with Crippen LogP contribution in [-0.4, -0.2) is 18.0 Å². The van der Waals surface area contributed by atoms with E-state index in [0.29, 0.717) is 12.5 Å². The molecule has 1 aromatic rings. The molecule has 4 heteroatoms. The van der Waals surface area contributed by atoms with Crippen LogP contribution in [0.5, 0.6) is 0 Å². The predicted molar refractivity (Wildman–Crippen MR) is 75.8 cm³/mol. The number of urea groups is 1. The molecule has 2 amide bonds. The molecule has 1 aromatic carbocycles. The molecule has 3 N–H and O–H groups in total. The van der Waals surface area contributed by atoms with Crippen LogP contribution in [-0.2, 0) is 6.54 Å². The van der Waals surface area contributed by atoms with Gasteiger partial charge in [0.2, 0.25) is 0 Å². The van der Waals surface area contributed by atoms with Crippen LogP contribution < -0.4 is 11.1 Å². The topological polar surface area (TPSA) is 58.4 Å². The van der Waals surface area contributed by atoms with Gasteiger partial charge in [0.25, 0.3) is 0 Å². The number of nitrogens with two attached hydrogens (primary N) is 1. The summed E-state index contributed by atoms with van der Waals surface area (Å²) in [6, 6.07) is 6.31. The van der Waals surface area contributed by atoms with E-state index in [-0.39, 0.29) is 12.1 Å². The first-order chi connectivity index (χ1) is 9.15. The predicted octanol–water partition coefficient (Wildman–Crippen LogP) is 2.85. The molecule has 3 rings (SSSR count). The minimum atomic E-state index is -0.0414. The fourth-order valence-corrected chi connectivity index (χ4v) is 3.20. The Morgan fingerprint density at radius 1 is 1.37 bits per heavy atom. The molecule has 1 aliphatic heterocycles. The fraction of sp³-hybridized carbons (Fsp3) is 0.533. The monoisotopic (exact) mass is 259 g/mol. The summed E-state index contributed by atoms with van der Waals surface area (Å²) in [6.07, 6.45) is 5.11. The van der Waals surface area contributed by atoms with Crippen molar-refractivity contribution in [3.05, 3.63) is 29.3 Å². The van der Waals surface area contributed by atoms with Crippen molar-refractivity contribution in [3.63, 3.8) is 0 Å². The van der Waals surface area contributed by atoms with E-state index in [1.807, 2.05) is 13.1 Å². The summed E-state index contributed by atoms with van der Waals surface area (Å²) >= 11 is 0. The van der Waals surface area contributed by atoms with Crippen LogP contribution >= 0.6 is 0 Å². The molecule has 0 bridgehead atoms. The molecule has 0 radical (unpaired) electrons. The van der Waals surface area contributed by atoms with Crippen molar-refractivity contribution in [2.75, 3.05) is 12.4 Å². The van der Waals surface area contributed by atoms with Gasteiger partial charge in [-0.15, -0.1) is 0 Å². The van der Waals surface area contributed by atoms with E-state index in [4.69, 9.17) is 5.73 Å². The number of rotatable bonds is 2. The minimum Gasteiger partial charge on any atom is -0.324 e. The van der Waals surface area contributed by atoms with E-state index < -0.39 is 0 Å². The van der Waals surface area contributed by atoms with Gasteiger partial charge in [0.15, 0.2) is 0 Å². The van der Waals surface area contributed by atoms with E-state index in [0.717, 1.165) is 11.3 Å². The molecule has 0 spiro atoms. The average Bonchev–Trinajstić information content (AvgIpc) is 2.93. The second-order valence-electron chi connectivity index (χ2n) is 5.77. The lowest BCUT2D eigenvalue weighted by molar-refractivity contribution is 0.218. The highest BCUT2D eigenvalue weighted by Crippen LogP contribution is 2.35. The van der Waals surface area contributed by atoms with Crippen LogP contribution in [0.4, 0.5) is 10.5 Å². The highest BCUT2D eigenvalue weighted by atomic mass is 16.2. The van der Waals surface area contributed by atoms with Gasteiger partial charge in [-0.1, -0.05) is 25.0 Å². The molecule has 1 heterocycles. The van der Waals surface area contributed by atoms with Gasteiger partial charge in [-0.3, -0.25) is 0 Å². The van der Waals surface area contributed by atoms with Crippen molar-refractivity contribution in [1.29, 1.82) is 0 Å². The van der Waals surface area contributed by atoms with E-state index in [9.17, 15) is 4.79 Å². The van der Waals surface area contributed by atoms with Gasteiger partial charge >= 0.3 is 6.03 Å². The third kappa shape index (κ3) is 2.32. The van der Waals surface area contributed by atoms with Gasteiger partial charge in [0.05, 0.1) is 0 Å². The Hall–Kier alpha value is -1.55. The minimum absolute atomic E-state index is 0.0414. The molecule has 2 aliphatic rings. The Bertz CT molecular complexity index is 494. The van der Waals surface area contributed by atoms with Gasteiger partial charge in [-0.25, -0.2) is 4.79 Å². The summed E-state index contributed by atoms with van der Waals surface area (Å²) in [5.41, 5.74) is 9.68. The molecule has 1 saturated carbocycles. The number of nitrogens with one attached hydrogen (secondary N) is 1. The Morgan fingerprint density at radius 3 is 2.84 bits per heavy atom. The average molecular weight is 259 g/mol. The van der Waals surface area contributed by atoms with Crippen LogP contribution in [0.2, 0.25) is 0 Å². The van der Waals surface area contributed by atoms with E-state index in [1.54, 1.807) is 4.90 Å². The lowest BCUT2D eigenvalue weighted by Gasteiger charge is -2.27. The first-order valence-electron chi connectivity index (χ1n) is 7.05. The zero-order valence-electron chi connectivity index (χ0n) is 11.4. The molecule has 102 valence electrons. The summed E-state index contributed by atoms with van der Waals surface area (Å²) in [6.45, 7) is 0.659. The number of carbonyl (C=O) groups is 1. The smallest absolute Gasteiger partial charge is 0.321 e. The fourth-order valence-electron chi connectivity index (χ4n) is 3.20. The quantitative estimate of drug-likeness (QED) is 0.858. The van der Waals surface area contributed by atoms with Gasteiger partial charge in [0, 0.05) is 25.3 Å². The third-order valence-corrected chi connectivity index (χ3v) is 4.42. The number of nitrogens with zero attached hydrogens (tertiary/aromatic N) is 1. The first-order valence-corrected chi connectivity index (χ1v) is 7.05. The molecule has 1 unspecified atom stereocenters. The molecular formula is C15H21N3O. The van der Waals surface area contributed by atoms with Gasteiger partial charge in [0.1, 0.15) is 0 Å². The normalized spacial score (nSPS) is 21.2. The van der Waals surface area contributed by atoms with Crippen LogP contribution in [0.25, 0.3) is 0 Å². The zero-order valence-corrected chi connectivity index (χ0v) is 11.4. The molecule has 1 atom stereocenters. The van der Waals surface area contributed by atoms with Gasteiger partial charge in [-0.2, -0.15) is 0 Å². The van der Waals surface area contributed by atoms with Crippen molar-refractivity contribution in [2.24, 2.45) is 11.7 Å². The standard InChI is InChI=1S/C15H21N3O/c1-18-9-12-8-11(6-7-13(12)17-15(18)19)14(16)10-4-2-3-5-10/h6-8,10,14H,2-5,9,16H2,1H3,(H,17,19). The van der Waals surface area contributed by atoms with Gasteiger partial charge in [-0.05, 0) is 36.0 Å². The molecular weight excluding hydrogens is 238 g/mol. The van der Waals surface area contributed by atoms with E-state index in [1.165, 1.54) is 31.2 Å². The Kier molecular flexibility index (Phi) is 3.19. The molecule has 19 heavy (non-hydrogen) atoms.